The lowest BCUT2D eigenvalue weighted by Crippen LogP contribution is -2.31. The molecule has 1 fully saturated rings. The number of carbonyl (C=O) groups excluding carboxylic acids is 1. The predicted molar refractivity (Wildman–Crippen MR) is 127 cm³/mol. The maximum absolute atomic E-state index is 12.9. The molecule has 3 aromatic rings. The van der Waals surface area contributed by atoms with Crippen molar-refractivity contribution in [1.29, 1.82) is 0 Å². The van der Waals surface area contributed by atoms with Crippen molar-refractivity contribution in [3.05, 3.63) is 52.4 Å². The van der Waals surface area contributed by atoms with E-state index >= 15 is 0 Å². The molecule has 1 aliphatic heterocycles. The third kappa shape index (κ3) is 4.04. The number of hydrogen-bond donors (Lipinski definition) is 2. The summed E-state index contributed by atoms with van der Waals surface area (Å²) in [4.78, 5) is 28.1. The Morgan fingerprint density at radius 3 is 2.16 bits per heavy atom. The number of piperidine rings is 1. The van der Waals surface area contributed by atoms with Gasteiger partial charge in [0.2, 0.25) is 0 Å². The third-order valence-corrected chi connectivity index (χ3v) is 6.11. The van der Waals surface area contributed by atoms with Crippen molar-refractivity contribution in [3.8, 4) is 0 Å². The molecule has 1 aliphatic rings. The summed E-state index contributed by atoms with van der Waals surface area (Å²) in [6, 6.07) is 11.4. The molecule has 1 aromatic heterocycles. The van der Waals surface area contributed by atoms with Gasteiger partial charge in [0.1, 0.15) is 0 Å². The normalized spacial score (nSPS) is 14.1. The van der Waals surface area contributed by atoms with E-state index in [9.17, 15) is 9.59 Å². The van der Waals surface area contributed by atoms with Crippen LogP contribution in [0.4, 0.5) is 21.9 Å². The van der Waals surface area contributed by atoms with E-state index in [4.69, 9.17) is 0 Å². The second-order valence-corrected chi connectivity index (χ2v) is 8.07. The number of aryl methyl sites for hydroxylation is 3. The highest BCUT2D eigenvalue weighted by Gasteiger charge is 2.21. The number of urea groups is 1. The summed E-state index contributed by atoms with van der Waals surface area (Å²) in [5, 5.41) is 6.01. The van der Waals surface area contributed by atoms with Gasteiger partial charge in [-0.15, -0.1) is 0 Å². The zero-order valence-electron chi connectivity index (χ0n) is 18.6. The standard InChI is InChI=1S/C24H31N5O2/c1-4-28-21-15-19(26-23(30)25-18-12-8-7-11-17(18)3)20(27-13-9-6-10-14-27)16-22(21)29(5-2)24(28)31/h7-8,11-12,15-16H,4-6,9-10,13-14H2,1-3H3,(H2,25,26,30). The Hall–Kier alpha value is -3.22. The highest BCUT2D eigenvalue weighted by Crippen LogP contribution is 2.33. The van der Waals surface area contributed by atoms with Crippen LogP contribution in [-0.4, -0.2) is 28.3 Å². The molecular formula is C24H31N5O2. The molecule has 0 saturated carbocycles. The van der Waals surface area contributed by atoms with Gasteiger partial charge in [0.25, 0.3) is 0 Å². The number of benzene rings is 2. The molecule has 4 rings (SSSR count). The van der Waals surface area contributed by atoms with Gasteiger partial charge in [-0.2, -0.15) is 0 Å². The van der Waals surface area contributed by atoms with E-state index in [1.54, 1.807) is 4.57 Å². The Kier molecular flexibility index (Phi) is 6.02. The fourth-order valence-electron chi connectivity index (χ4n) is 4.45. The molecule has 0 atom stereocenters. The molecule has 0 unspecified atom stereocenters. The Morgan fingerprint density at radius 1 is 0.903 bits per heavy atom. The number of carbonyl (C=O) groups is 1. The number of para-hydroxylation sites is 1. The van der Waals surface area contributed by atoms with Crippen LogP contribution in [-0.2, 0) is 13.1 Å². The van der Waals surface area contributed by atoms with Crippen molar-refractivity contribution >= 4 is 34.1 Å². The minimum Gasteiger partial charge on any atom is -0.370 e. The van der Waals surface area contributed by atoms with Crippen molar-refractivity contribution in [1.82, 2.24) is 9.13 Å². The summed E-state index contributed by atoms with van der Waals surface area (Å²) in [5.41, 5.74) is 5.25. The number of fused-ring (bicyclic) bond motifs is 1. The zero-order valence-corrected chi connectivity index (χ0v) is 18.6. The number of nitrogens with one attached hydrogen (secondary N) is 2. The zero-order chi connectivity index (χ0) is 22.0. The van der Waals surface area contributed by atoms with Crippen molar-refractivity contribution in [2.24, 2.45) is 0 Å². The average molecular weight is 422 g/mol. The molecule has 2 heterocycles. The van der Waals surface area contributed by atoms with Gasteiger partial charge in [-0.1, -0.05) is 18.2 Å². The number of rotatable bonds is 5. The van der Waals surface area contributed by atoms with Gasteiger partial charge < -0.3 is 15.5 Å². The molecule has 0 spiro atoms. The fourth-order valence-corrected chi connectivity index (χ4v) is 4.45. The number of aromatic nitrogens is 2. The first-order valence-corrected chi connectivity index (χ1v) is 11.2. The van der Waals surface area contributed by atoms with Gasteiger partial charge in [-0.3, -0.25) is 9.13 Å². The van der Waals surface area contributed by atoms with Crippen LogP contribution in [0.25, 0.3) is 11.0 Å². The monoisotopic (exact) mass is 421 g/mol. The predicted octanol–water partition coefficient (Wildman–Crippen LogP) is 4.79. The van der Waals surface area contributed by atoms with E-state index in [1.165, 1.54) is 6.42 Å². The highest BCUT2D eigenvalue weighted by molar-refractivity contribution is 6.04. The topological polar surface area (TPSA) is 71.3 Å². The molecule has 2 aromatic carbocycles. The van der Waals surface area contributed by atoms with Gasteiger partial charge in [0.05, 0.1) is 22.4 Å². The molecule has 2 amide bonds. The van der Waals surface area contributed by atoms with Crippen LogP contribution in [0, 0.1) is 6.92 Å². The average Bonchev–Trinajstić information content (AvgIpc) is 3.04. The molecule has 31 heavy (non-hydrogen) atoms. The second kappa shape index (κ2) is 8.88. The molecule has 2 N–H and O–H groups in total. The van der Waals surface area contributed by atoms with E-state index in [-0.39, 0.29) is 11.7 Å². The Morgan fingerprint density at radius 2 is 1.52 bits per heavy atom. The molecule has 0 bridgehead atoms. The summed E-state index contributed by atoms with van der Waals surface area (Å²) in [5.74, 6) is 0. The van der Waals surface area contributed by atoms with Crippen molar-refractivity contribution in [3.63, 3.8) is 0 Å². The smallest absolute Gasteiger partial charge is 0.329 e. The summed E-state index contributed by atoms with van der Waals surface area (Å²) < 4.78 is 3.58. The highest BCUT2D eigenvalue weighted by atomic mass is 16.2. The molecule has 7 heteroatoms. The Balaban J connectivity index is 1.77. The third-order valence-electron chi connectivity index (χ3n) is 6.11. The van der Waals surface area contributed by atoms with Gasteiger partial charge in [-0.25, -0.2) is 9.59 Å². The van der Waals surface area contributed by atoms with Crippen LogP contribution < -0.4 is 21.2 Å². The number of imidazole rings is 1. The fraction of sp³-hybridized carbons (Fsp3) is 0.417. The summed E-state index contributed by atoms with van der Waals surface area (Å²) in [6.07, 6.45) is 3.48. The largest absolute Gasteiger partial charge is 0.370 e. The quantitative estimate of drug-likeness (QED) is 0.622. The maximum atomic E-state index is 12.9. The Labute approximate surface area is 182 Å². The van der Waals surface area contributed by atoms with Crippen LogP contribution in [0.2, 0.25) is 0 Å². The summed E-state index contributed by atoms with van der Waals surface area (Å²) >= 11 is 0. The van der Waals surface area contributed by atoms with E-state index in [0.717, 1.165) is 59.6 Å². The number of nitrogens with zero attached hydrogens (tertiary/aromatic N) is 3. The van der Waals surface area contributed by atoms with Crippen LogP contribution in [0.5, 0.6) is 0 Å². The lowest BCUT2D eigenvalue weighted by Gasteiger charge is -2.31. The van der Waals surface area contributed by atoms with Gasteiger partial charge >= 0.3 is 11.7 Å². The van der Waals surface area contributed by atoms with Crippen LogP contribution in [0.15, 0.2) is 41.2 Å². The van der Waals surface area contributed by atoms with Crippen molar-refractivity contribution in [2.45, 2.75) is 53.1 Å². The molecule has 0 radical (unpaired) electrons. The SMILES string of the molecule is CCn1c(=O)n(CC)c2cc(N3CCCCC3)c(NC(=O)Nc3ccccc3C)cc21. The van der Waals surface area contributed by atoms with Crippen molar-refractivity contribution in [2.75, 3.05) is 28.6 Å². The first-order chi connectivity index (χ1) is 15.0. The second-order valence-electron chi connectivity index (χ2n) is 8.07. The summed E-state index contributed by atoms with van der Waals surface area (Å²) in [6.45, 7) is 9.02. The molecular weight excluding hydrogens is 390 g/mol. The van der Waals surface area contributed by atoms with Crippen LogP contribution in [0.3, 0.4) is 0 Å². The van der Waals surface area contributed by atoms with Gasteiger partial charge in [0, 0.05) is 31.9 Å². The van der Waals surface area contributed by atoms with E-state index in [1.807, 2.05) is 55.7 Å². The number of anilines is 3. The minimum atomic E-state index is -0.285. The van der Waals surface area contributed by atoms with Crippen molar-refractivity contribution < 1.29 is 4.79 Å². The van der Waals surface area contributed by atoms with Crippen LogP contribution in [0.1, 0.15) is 38.7 Å². The lowest BCUT2D eigenvalue weighted by atomic mass is 10.1. The minimum absolute atomic E-state index is 0.00824. The van der Waals surface area contributed by atoms with E-state index in [0.29, 0.717) is 13.1 Å². The number of hydrogen-bond acceptors (Lipinski definition) is 3. The van der Waals surface area contributed by atoms with Crippen LogP contribution >= 0.6 is 0 Å². The van der Waals surface area contributed by atoms with E-state index in [2.05, 4.69) is 21.6 Å². The van der Waals surface area contributed by atoms with E-state index < -0.39 is 0 Å². The first kappa shape index (κ1) is 21.0. The lowest BCUT2D eigenvalue weighted by molar-refractivity contribution is 0.262. The first-order valence-electron chi connectivity index (χ1n) is 11.2. The number of amides is 2. The molecule has 1 saturated heterocycles. The summed E-state index contributed by atoms with van der Waals surface area (Å²) in [7, 11) is 0. The van der Waals surface area contributed by atoms with Gasteiger partial charge in [-0.05, 0) is 63.8 Å². The molecule has 0 aliphatic carbocycles. The van der Waals surface area contributed by atoms with Gasteiger partial charge in [0.15, 0.2) is 0 Å². The molecule has 164 valence electrons. The molecule has 7 nitrogen and oxygen atoms in total. The Bertz CT molecular complexity index is 1150. The maximum Gasteiger partial charge on any atom is 0.329 e.